The number of ether oxygens (including phenoxy) is 1. The molecule has 3 rings (SSSR count). The Labute approximate surface area is 193 Å². The van der Waals surface area contributed by atoms with Gasteiger partial charge in [-0.2, -0.15) is 0 Å². The Bertz CT molecular complexity index is 1240. The van der Waals surface area contributed by atoms with E-state index in [0.29, 0.717) is 26.2 Å². The molecule has 1 aliphatic rings. The number of carbonyl (C=O) groups is 2. The van der Waals surface area contributed by atoms with Crippen LogP contribution in [0.3, 0.4) is 0 Å². The van der Waals surface area contributed by atoms with Gasteiger partial charge in [0, 0.05) is 56.3 Å². The van der Waals surface area contributed by atoms with Gasteiger partial charge in [0.05, 0.1) is 15.4 Å². The summed E-state index contributed by atoms with van der Waals surface area (Å²) in [7, 11) is -3.88. The average Bonchev–Trinajstić information content (AvgIpc) is 2.81. The molecular weight excluding hydrogens is 472 g/mol. The molecule has 13 nitrogen and oxygen atoms in total. The molecule has 0 saturated carbocycles. The van der Waals surface area contributed by atoms with E-state index in [1.54, 1.807) is 12.1 Å². The van der Waals surface area contributed by atoms with Crippen molar-refractivity contribution < 1.29 is 32.6 Å². The Morgan fingerprint density at radius 2 is 1.59 bits per heavy atom. The number of nitro groups is 2. The lowest BCUT2D eigenvalue weighted by Crippen LogP contribution is -2.49. The van der Waals surface area contributed by atoms with Gasteiger partial charge in [0.15, 0.2) is 16.4 Å². The molecule has 0 bridgehead atoms. The number of nitro benzene ring substituents is 2. The van der Waals surface area contributed by atoms with Crippen LogP contribution < -0.4 is 4.90 Å². The fourth-order valence-electron chi connectivity index (χ4n) is 3.40. The Balaban J connectivity index is 1.56. The van der Waals surface area contributed by atoms with Crippen molar-refractivity contribution in [2.45, 2.75) is 4.90 Å². The van der Waals surface area contributed by atoms with Crippen molar-refractivity contribution >= 4 is 38.8 Å². The van der Waals surface area contributed by atoms with Gasteiger partial charge in [-0.15, -0.1) is 0 Å². The lowest BCUT2D eigenvalue weighted by Gasteiger charge is -2.36. The number of benzene rings is 2. The van der Waals surface area contributed by atoms with E-state index in [4.69, 9.17) is 4.74 Å². The number of rotatable bonds is 7. The number of hydrogen-bond donors (Lipinski definition) is 0. The molecule has 1 saturated heterocycles. The van der Waals surface area contributed by atoms with Crippen LogP contribution in [0.4, 0.5) is 17.1 Å². The number of hydrogen-bond acceptors (Lipinski definition) is 10. The summed E-state index contributed by atoms with van der Waals surface area (Å²) in [6.45, 7) is 1.02. The van der Waals surface area contributed by atoms with Crippen molar-refractivity contribution in [1.82, 2.24) is 4.90 Å². The zero-order valence-corrected chi connectivity index (χ0v) is 18.8. The Morgan fingerprint density at radius 3 is 2.12 bits per heavy atom. The second-order valence-corrected chi connectivity index (χ2v) is 9.41. The third-order valence-electron chi connectivity index (χ3n) is 5.18. The largest absolute Gasteiger partial charge is 0.452 e. The van der Waals surface area contributed by atoms with Gasteiger partial charge in [-0.1, -0.05) is 0 Å². The van der Waals surface area contributed by atoms with Gasteiger partial charge in [0.1, 0.15) is 4.90 Å². The average molecular weight is 492 g/mol. The lowest BCUT2D eigenvalue weighted by molar-refractivity contribution is -0.387. The van der Waals surface area contributed by atoms with E-state index in [2.05, 4.69) is 0 Å². The normalized spacial score (nSPS) is 13.9. The third kappa shape index (κ3) is 5.64. The summed E-state index contributed by atoms with van der Waals surface area (Å²) in [4.78, 5) is 48.2. The zero-order chi connectivity index (χ0) is 25.0. The quantitative estimate of drug-likeness (QED) is 0.313. The maximum atomic E-state index is 12.4. The molecule has 34 heavy (non-hydrogen) atoms. The van der Waals surface area contributed by atoms with Crippen molar-refractivity contribution in [3.05, 3.63) is 68.3 Å². The number of sulfone groups is 1. The minimum absolute atomic E-state index is 0.0179. The highest BCUT2D eigenvalue weighted by atomic mass is 32.2. The van der Waals surface area contributed by atoms with Crippen molar-refractivity contribution in [1.29, 1.82) is 0 Å². The molecule has 1 fully saturated rings. The molecule has 180 valence electrons. The Morgan fingerprint density at radius 1 is 0.971 bits per heavy atom. The molecule has 0 atom stereocenters. The van der Waals surface area contributed by atoms with Gasteiger partial charge >= 0.3 is 5.97 Å². The molecule has 2 aromatic rings. The van der Waals surface area contributed by atoms with E-state index in [1.807, 2.05) is 4.90 Å². The Hall–Kier alpha value is -4.07. The zero-order valence-electron chi connectivity index (χ0n) is 17.9. The standard InChI is InChI=1S/C20H20N4O9S/c1-34(31,32)18-7-2-14(12-17(18)24(29)30)20(26)33-13-19(25)22-10-8-21(9-11-22)15-3-5-16(6-4-15)23(27)28/h2-7,12H,8-11,13H2,1H3. The van der Waals surface area contributed by atoms with Crippen LogP contribution in [0.1, 0.15) is 10.4 Å². The molecule has 0 spiro atoms. The van der Waals surface area contributed by atoms with E-state index in [0.717, 1.165) is 30.1 Å². The van der Waals surface area contributed by atoms with Gasteiger partial charge in [-0.3, -0.25) is 25.0 Å². The molecule has 0 aliphatic carbocycles. The van der Waals surface area contributed by atoms with E-state index in [1.165, 1.54) is 17.0 Å². The van der Waals surface area contributed by atoms with E-state index in [-0.39, 0.29) is 11.3 Å². The molecule has 2 aromatic carbocycles. The number of anilines is 1. The van der Waals surface area contributed by atoms with Crippen LogP contribution in [0.5, 0.6) is 0 Å². The van der Waals surface area contributed by atoms with Crippen molar-refractivity contribution in [3.63, 3.8) is 0 Å². The SMILES string of the molecule is CS(=O)(=O)c1ccc(C(=O)OCC(=O)N2CCN(c3ccc([N+](=O)[O-])cc3)CC2)cc1[N+](=O)[O-]. The summed E-state index contributed by atoms with van der Waals surface area (Å²) in [5.41, 5.74) is -0.250. The molecule has 0 radical (unpaired) electrons. The maximum absolute atomic E-state index is 12.4. The molecule has 1 amide bonds. The fraction of sp³-hybridized carbons (Fsp3) is 0.300. The van der Waals surface area contributed by atoms with Crippen LogP contribution in [-0.2, 0) is 19.4 Å². The monoisotopic (exact) mass is 492 g/mol. The highest BCUT2D eigenvalue weighted by molar-refractivity contribution is 7.90. The van der Waals surface area contributed by atoms with Gasteiger partial charge in [0.25, 0.3) is 17.3 Å². The first kappa shape index (κ1) is 24.6. The van der Waals surface area contributed by atoms with Crippen molar-refractivity contribution in [2.24, 2.45) is 0 Å². The number of carbonyl (C=O) groups excluding carboxylic acids is 2. The second-order valence-electron chi connectivity index (χ2n) is 7.43. The van der Waals surface area contributed by atoms with Gasteiger partial charge in [-0.05, 0) is 24.3 Å². The lowest BCUT2D eigenvalue weighted by atomic mass is 10.2. The van der Waals surface area contributed by atoms with Crippen molar-refractivity contribution in [3.8, 4) is 0 Å². The predicted molar refractivity (Wildman–Crippen MR) is 118 cm³/mol. The summed E-state index contributed by atoms with van der Waals surface area (Å²) >= 11 is 0. The molecule has 0 unspecified atom stereocenters. The van der Waals surface area contributed by atoms with Crippen molar-refractivity contribution in [2.75, 3.05) is 43.9 Å². The van der Waals surface area contributed by atoms with Gasteiger partial charge in [-0.25, -0.2) is 13.2 Å². The molecule has 0 aromatic heterocycles. The number of piperazine rings is 1. The fourth-order valence-corrected chi connectivity index (χ4v) is 4.23. The van der Waals surface area contributed by atoms with E-state index < -0.39 is 48.8 Å². The molecule has 0 N–H and O–H groups in total. The Kier molecular flexibility index (Phi) is 7.10. The van der Waals surface area contributed by atoms with Crippen LogP contribution in [0, 0.1) is 20.2 Å². The van der Waals surface area contributed by atoms with Crippen LogP contribution >= 0.6 is 0 Å². The number of nitrogens with zero attached hydrogens (tertiary/aromatic N) is 4. The second kappa shape index (κ2) is 9.82. The summed E-state index contributed by atoms with van der Waals surface area (Å²) in [5, 5.41) is 22.0. The minimum atomic E-state index is -3.88. The summed E-state index contributed by atoms with van der Waals surface area (Å²) in [5.74, 6) is -1.46. The van der Waals surface area contributed by atoms with Crippen LogP contribution in [0.25, 0.3) is 0 Å². The first-order chi connectivity index (χ1) is 16.0. The first-order valence-corrected chi connectivity index (χ1v) is 11.8. The maximum Gasteiger partial charge on any atom is 0.338 e. The smallest absolute Gasteiger partial charge is 0.338 e. The van der Waals surface area contributed by atoms with Gasteiger partial charge < -0.3 is 14.5 Å². The third-order valence-corrected chi connectivity index (χ3v) is 6.32. The molecule has 1 heterocycles. The minimum Gasteiger partial charge on any atom is -0.452 e. The van der Waals surface area contributed by atoms with Crippen LogP contribution in [-0.4, -0.2) is 74.1 Å². The number of esters is 1. The number of amides is 1. The summed E-state index contributed by atoms with van der Waals surface area (Å²) in [6, 6.07) is 8.89. The number of non-ortho nitro benzene ring substituents is 1. The first-order valence-electron chi connectivity index (χ1n) is 9.90. The van der Waals surface area contributed by atoms with E-state index >= 15 is 0 Å². The molecule has 14 heteroatoms. The highest BCUT2D eigenvalue weighted by Crippen LogP contribution is 2.25. The molecular formula is C20H20N4O9S. The predicted octanol–water partition coefficient (Wildman–Crippen LogP) is 1.41. The summed E-state index contributed by atoms with van der Waals surface area (Å²) in [6.07, 6.45) is 0.813. The van der Waals surface area contributed by atoms with Crippen LogP contribution in [0.15, 0.2) is 47.4 Å². The van der Waals surface area contributed by atoms with Gasteiger partial charge in [0.2, 0.25) is 0 Å². The van der Waals surface area contributed by atoms with E-state index in [9.17, 15) is 38.2 Å². The highest BCUT2D eigenvalue weighted by Gasteiger charge is 2.26. The topological polar surface area (TPSA) is 170 Å². The van der Waals surface area contributed by atoms with Crippen LogP contribution in [0.2, 0.25) is 0 Å². The molecule has 1 aliphatic heterocycles. The summed E-state index contributed by atoms with van der Waals surface area (Å²) < 4.78 is 28.3.